The van der Waals surface area contributed by atoms with Crippen molar-refractivity contribution in [2.45, 2.75) is 6.92 Å². The lowest BCUT2D eigenvalue weighted by Crippen LogP contribution is -2.08. The van der Waals surface area contributed by atoms with Gasteiger partial charge in [0.25, 0.3) is 0 Å². The van der Waals surface area contributed by atoms with Crippen molar-refractivity contribution in [2.24, 2.45) is 5.16 Å². The number of carbonyl (C=O) groups excluding carboxylic acids is 1. The maximum Gasteiger partial charge on any atom is 0.308 e. The van der Waals surface area contributed by atoms with Crippen LogP contribution < -0.4 is 10.2 Å². The van der Waals surface area contributed by atoms with Crippen molar-refractivity contribution in [2.75, 3.05) is 0 Å². The van der Waals surface area contributed by atoms with E-state index in [1.807, 2.05) is 0 Å². The van der Waals surface area contributed by atoms with Crippen LogP contribution >= 0.6 is 0 Å². The Morgan fingerprint density at radius 3 is 2.94 bits per heavy atom. The molecule has 1 aromatic carbocycles. The van der Waals surface area contributed by atoms with Crippen LogP contribution in [0.2, 0.25) is 0 Å². The van der Waals surface area contributed by atoms with E-state index in [2.05, 4.69) is 5.16 Å². The average molecular weight is 247 g/mol. The molecule has 0 fully saturated rings. The minimum atomic E-state index is -0.458. The predicted octanol–water partition coefficient (Wildman–Crippen LogP) is 1.53. The number of carbonyl (C=O) groups is 1. The normalized spacial score (nSPS) is 10.9. The van der Waals surface area contributed by atoms with Gasteiger partial charge in [0.2, 0.25) is 5.43 Å². The minimum Gasteiger partial charge on any atom is -0.463 e. The zero-order valence-electron chi connectivity index (χ0n) is 9.41. The molecule has 0 saturated heterocycles. The summed E-state index contributed by atoms with van der Waals surface area (Å²) in [6.45, 7) is 1.28. The van der Waals surface area contributed by atoms with Gasteiger partial charge in [0.05, 0.1) is 17.2 Å². The largest absolute Gasteiger partial charge is 0.463 e. The van der Waals surface area contributed by atoms with Gasteiger partial charge in [0.1, 0.15) is 17.6 Å². The van der Waals surface area contributed by atoms with Gasteiger partial charge in [-0.05, 0) is 12.1 Å². The van der Waals surface area contributed by atoms with E-state index in [0.29, 0.717) is 11.1 Å². The van der Waals surface area contributed by atoms with Gasteiger partial charge in [0.15, 0.2) is 0 Å². The van der Waals surface area contributed by atoms with Gasteiger partial charge >= 0.3 is 5.97 Å². The second-order valence-electron chi connectivity index (χ2n) is 3.52. The number of benzene rings is 1. The molecule has 92 valence electrons. The first-order chi connectivity index (χ1) is 8.61. The summed E-state index contributed by atoms with van der Waals surface area (Å²) in [5.74, 6) is -0.164. The van der Waals surface area contributed by atoms with Crippen LogP contribution in [0.3, 0.4) is 0 Å². The first-order valence-corrected chi connectivity index (χ1v) is 5.03. The Hall–Kier alpha value is -2.63. The van der Waals surface area contributed by atoms with Crippen molar-refractivity contribution < 1.29 is 19.2 Å². The minimum absolute atomic E-state index is 0.130. The number of rotatable bonds is 2. The molecule has 0 saturated carbocycles. The first-order valence-electron chi connectivity index (χ1n) is 5.03. The second kappa shape index (κ2) is 4.70. The van der Waals surface area contributed by atoms with Crippen LogP contribution in [-0.2, 0) is 4.79 Å². The van der Waals surface area contributed by atoms with Crippen LogP contribution in [0.15, 0.2) is 38.8 Å². The molecule has 1 aromatic heterocycles. The summed E-state index contributed by atoms with van der Waals surface area (Å²) < 4.78 is 10.1. The Balaban J connectivity index is 2.57. The molecule has 0 aliphatic carbocycles. The van der Waals surface area contributed by atoms with E-state index in [0.717, 1.165) is 6.21 Å². The third kappa shape index (κ3) is 2.22. The quantitative estimate of drug-likeness (QED) is 0.286. The molecule has 2 rings (SSSR count). The highest BCUT2D eigenvalue weighted by atomic mass is 16.5. The zero-order valence-corrected chi connectivity index (χ0v) is 9.41. The topological polar surface area (TPSA) is 89.1 Å². The number of nitrogens with zero attached hydrogens (tertiary/aromatic N) is 1. The highest BCUT2D eigenvalue weighted by molar-refractivity contribution is 5.86. The van der Waals surface area contributed by atoms with E-state index in [1.165, 1.54) is 31.4 Å². The second-order valence-corrected chi connectivity index (χ2v) is 3.52. The Morgan fingerprint density at radius 2 is 2.28 bits per heavy atom. The maximum absolute atomic E-state index is 11.9. The summed E-state index contributed by atoms with van der Waals surface area (Å²) in [6, 6.07) is 4.41. The third-order valence-corrected chi connectivity index (χ3v) is 2.23. The number of hydrogen-bond acceptors (Lipinski definition) is 6. The summed E-state index contributed by atoms with van der Waals surface area (Å²) >= 11 is 0. The number of hydrogen-bond donors (Lipinski definition) is 1. The van der Waals surface area contributed by atoms with Crippen molar-refractivity contribution in [3.63, 3.8) is 0 Å². The number of ether oxygens (including phenoxy) is 1. The van der Waals surface area contributed by atoms with Gasteiger partial charge in [-0.1, -0.05) is 5.16 Å². The third-order valence-electron chi connectivity index (χ3n) is 2.23. The lowest BCUT2D eigenvalue weighted by Gasteiger charge is -2.02. The summed E-state index contributed by atoms with van der Waals surface area (Å²) in [6.07, 6.45) is 2.16. The summed E-state index contributed by atoms with van der Waals surface area (Å²) in [4.78, 5) is 22.7. The van der Waals surface area contributed by atoms with E-state index >= 15 is 0 Å². The van der Waals surface area contributed by atoms with E-state index in [4.69, 9.17) is 14.4 Å². The monoisotopic (exact) mass is 247 g/mol. The molecule has 18 heavy (non-hydrogen) atoms. The molecule has 0 bridgehead atoms. The highest BCUT2D eigenvalue weighted by Crippen LogP contribution is 2.19. The molecule has 0 atom stereocenters. The van der Waals surface area contributed by atoms with Crippen LogP contribution in [0.5, 0.6) is 5.75 Å². The van der Waals surface area contributed by atoms with Crippen LogP contribution in [0, 0.1) is 0 Å². The van der Waals surface area contributed by atoms with Crippen LogP contribution in [0.1, 0.15) is 12.5 Å². The SMILES string of the molecule is CC(=O)Oc1ccc2c(=O)c(/C=N/O)coc2c1. The predicted molar refractivity (Wildman–Crippen MR) is 63.2 cm³/mol. The van der Waals surface area contributed by atoms with Gasteiger partial charge in [-0.25, -0.2) is 0 Å². The molecule has 0 aliphatic rings. The van der Waals surface area contributed by atoms with E-state index < -0.39 is 5.97 Å². The highest BCUT2D eigenvalue weighted by Gasteiger charge is 2.07. The molecule has 0 amide bonds. The number of oxime groups is 1. The summed E-state index contributed by atoms with van der Waals surface area (Å²) in [5, 5.41) is 11.5. The maximum atomic E-state index is 11.9. The van der Waals surface area contributed by atoms with Gasteiger partial charge < -0.3 is 14.4 Å². The van der Waals surface area contributed by atoms with E-state index in [1.54, 1.807) is 0 Å². The van der Waals surface area contributed by atoms with Crippen molar-refractivity contribution >= 4 is 23.2 Å². The Labute approximate surface area is 101 Å². The molecular formula is C12H9NO5. The fourth-order valence-electron chi connectivity index (χ4n) is 1.50. The van der Waals surface area contributed by atoms with Crippen molar-refractivity contribution in [3.05, 3.63) is 40.2 Å². The van der Waals surface area contributed by atoms with Gasteiger partial charge in [-0.15, -0.1) is 0 Å². The number of fused-ring (bicyclic) bond motifs is 1. The molecule has 2 aromatic rings. The van der Waals surface area contributed by atoms with Gasteiger partial charge in [-0.3, -0.25) is 9.59 Å². The molecule has 0 unspecified atom stereocenters. The molecule has 0 spiro atoms. The van der Waals surface area contributed by atoms with Crippen LogP contribution in [0.25, 0.3) is 11.0 Å². The first kappa shape index (κ1) is 11.8. The van der Waals surface area contributed by atoms with Gasteiger partial charge in [0, 0.05) is 13.0 Å². The fourth-order valence-corrected chi connectivity index (χ4v) is 1.50. The Morgan fingerprint density at radius 1 is 1.50 bits per heavy atom. The summed E-state index contributed by atoms with van der Waals surface area (Å²) in [5.41, 5.74) is 0.0856. The van der Waals surface area contributed by atoms with Crippen molar-refractivity contribution in [1.82, 2.24) is 0 Å². The van der Waals surface area contributed by atoms with Crippen molar-refractivity contribution in [3.8, 4) is 5.75 Å². The lowest BCUT2D eigenvalue weighted by molar-refractivity contribution is -0.131. The molecule has 6 heteroatoms. The average Bonchev–Trinajstić information content (AvgIpc) is 2.32. The standard InChI is InChI=1S/C12H9NO5/c1-7(14)18-9-2-3-10-11(4-9)17-6-8(5-13-16)12(10)15/h2-6,16H,1H3/b13-5+. The fraction of sp³-hybridized carbons (Fsp3) is 0.0833. The van der Waals surface area contributed by atoms with E-state index in [-0.39, 0.29) is 16.6 Å². The Kier molecular flexibility index (Phi) is 3.09. The molecule has 6 nitrogen and oxygen atoms in total. The Bertz CT molecular complexity index is 686. The zero-order chi connectivity index (χ0) is 13.1. The smallest absolute Gasteiger partial charge is 0.308 e. The molecule has 1 heterocycles. The number of esters is 1. The molecule has 1 N–H and O–H groups in total. The molecule has 0 aliphatic heterocycles. The molecule has 0 radical (unpaired) electrons. The van der Waals surface area contributed by atoms with E-state index in [9.17, 15) is 9.59 Å². The van der Waals surface area contributed by atoms with Crippen LogP contribution in [0.4, 0.5) is 0 Å². The molecular weight excluding hydrogens is 238 g/mol. The van der Waals surface area contributed by atoms with Crippen LogP contribution in [-0.4, -0.2) is 17.4 Å². The lowest BCUT2D eigenvalue weighted by atomic mass is 10.2. The summed E-state index contributed by atoms with van der Waals surface area (Å²) in [7, 11) is 0. The van der Waals surface area contributed by atoms with Gasteiger partial charge in [-0.2, -0.15) is 0 Å². The van der Waals surface area contributed by atoms with Crippen molar-refractivity contribution in [1.29, 1.82) is 0 Å².